The number of sulfonamides is 1. The van der Waals surface area contributed by atoms with Crippen molar-refractivity contribution in [2.24, 2.45) is 0 Å². The molecule has 1 aromatic heterocycles. The maximum atomic E-state index is 12.8. The minimum absolute atomic E-state index is 0.0915. The summed E-state index contributed by atoms with van der Waals surface area (Å²) in [6.07, 6.45) is 1.68. The zero-order valence-corrected chi connectivity index (χ0v) is 20.3. The molecule has 1 aliphatic rings. The SMILES string of the molecule is CCOC(=O)c1c(NC(=O)c2ccc(S(=O)(=O)N(C)CC3CCCO3)cc2)sc(C)c1C. The number of esters is 1. The molecular formula is C22H28N2O6S2. The van der Waals surface area contributed by atoms with Crippen molar-refractivity contribution >= 4 is 38.2 Å². The van der Waals surface area contributed by atoms with Crippen molar-refractivity contribution in [2.45, 2.75) is 44.6 Å². The van der Waals surface area contributed by atoms with E-state index in [-0.39, 0.29) is 29.7 Å². The highest BCUT2D eigenvalue weighted by atomic mass is 32.2. The van der Waals surface area contributed by atoms with Gasteiger partial charge in [-0.1, -0.05) is 0 Å². The average Bonchev–Trinajstić information content (AvgIpc) is 3.36. The molecule has 2 heterocycles. The molecule has 1 atom stereocenters. The van der Waals surface area contributed by atoms with Crippen LogP contribution in [0.4, 0.5) is 5.00 Å². The Morgan fingerprint density at radius 3 is 2.53 bits per heavy atom. The number of rotatable bonds is 8. The zero-order chi connectivity index (χ0) is 23.5. The summed E-state index contributed by atoms with van der Waals surface area (Å²) < 4.78 is 37.6. The second kappa shape index (κ2) is 10.1. The molecular weight excluding hydrogens is 452 g/mol. The molecule has 1 saturated heterocycles. The lowest BCUT2D eigenvalue weighted by Gasteiger charge is -2.20. The van der Waals surface area contributed by atoms with Crippen molar-refractivity contribution in [3.63, 3.8) is 0 Å². The summed E-state index contributed by atoms with van der Waals surface area (Å²) in [5.41, 5.74) is 1.39. The zero-order valence-electron chi connectivity index (χ0n) is 18.6. The molecule has 8 nitrogen and oxygen atoms in total. The predicted octanol–water partition coefficient (Wildman–Crippen LogP) is 3.59. The van der Waals surface area contributed by atoms with Crippen molar-refractivity contribution in [1.29, 1.82) is 0 Å². The van der Waals surface area contributed by atoms with Crippen LogP contribution in [0.2, 0.25) is 0 Å². The number of carbonyl (C=O) groups excluding carboxylic acids is 2. The number of likely N-dealkylation sites (N-methyl/N-ethyl adjacent to an activating group) is 1. The Bertz CT molecular complexity index is 1090. The van der Waals surface area contributed by atoms with Crippen LogP contribution >= 0.6 is 11.3 Å². The third-order valence-electron chi connectivity index (χ3n) is 5.40. The number of carbonyl (C=O) groups is 2. The Morgan fingerprint density at radius 1 is 1.25 bits per heavy atom. The molecule has 32 heavy (non-hydrogen) atoms. The van der Waals surface area contributed by atoms with Gasteiger partial charge in [0.1, 0.15) is 5.00 Å². The molecule has 2 aromatic rings. The first kappa shape index (κ1) is 24.4. The number of thiophene rings is 1. The van der Waals surface area contributed by atoms with E-state index in [0.717, 1.165) is 23.3 Å². The molecule has 0 aliphatic carbocycles. The molecule has 1 aliphatic heterocycles. The molecule has 3 rings (SSSR count). The summed E-state index contributed by atoms with van der Waals surface area (Å²) in [7, 11) is -2.17. The van der Waals surface area contributed by atoms with Gasteiger partial charge in [0.25, 0.3) is 5.91 Å². The van der Waals surface area contributed by atoms with Gasteiger partial charge < -0.3 is 14.8 Å². The van der Waals surface area contributed by atoms with Crippen LogP contribution in [0.25, 0.3) is 0 Å². The van der Waals surface area contributed by atoms with Gasteiger partial charge in [0.2, 0.25) is 10.0 Å². The Morgan fingerprint density at radius 2 is 1.94 bits per heavy atom. The molecule has 1 amide bonds. The minimum atomic E-state index is -3.69. The first-order valence-corrected chi connectivity index (χ1v) is 12.7. The van der Waals surface area contributed by atoms with Crippen LogP contribution in [0.1, 0.15) is 50.9 Å². The van der Waals surface area contributed by atoms with E-state index in [1.54, 1.807) is 13.8 Å². The van der Waals surface area contributed by atoms with Crippen LogP contribution in [-0.2, 0) is 19.5 Å². The van der Waals surface area contributed by atoms with Crippen LogP contribution in [0, 0.1) is 13.8 Å². The lowest BCUT2D eigenvalue weighted by atomic mass is 10.1. The van der Waals surface area contributed by atoms with Crippen LogP contribution in [0.3, 0.4) is 0 Å². The summed E-state index contributed by atoms with van der Waals surface area (Å²) >= 11 is 1.30. The molecule has 10 heteroatoms. The number of ether oxygens (including phenoxy) is 2. The van der Waals surface area contributed by atoms with Crippen molar-refractivity contribution < 1.29 is 27.5 Å². The van der Waals surface area contributed by atoms with Crippen molar-refractivity contribution in [2.75, 3.05) is 32.1 Å². The van der Waals surface area contributed by atoms with E-state index in [1.165, 1.54) is 47.0 Å². The normalized spacial score (nSPS) is 16.3. The predicted molar refractivity (Wildman–Crippen MR) is 123 cm³/mol. The van der Waals surface area contributed by atoms with Gasteiger partial charge in [0.05, 0.1) is 23.2 Å². The summed E-state index contributed by atoms with van der Waals surface area (Å²) in [4.78, 5) is 26.1. The second-order valence-corrected chi connectivity index (χ2v) is 10.9. The number of hydrogen-bond donors (Lipinski definition) is 1. The van der Waals surface area contributed by atoms with Crippen molar-refractivity contribution in [3.8, 4) is 0 Å². The topological polar surface area (TPSA) is 102 Å². The van der Waals surface area contributed by atoms with Gasteiger partial charge in [-0.2, -0.15) is 4.31 Å². The number of aryl methyl sites for hydroxylation is 1. The quantitative estimate of drug-likeness (QED) is 0.580. The minimum Gasteiger partial charge on any atom is -0.462 e. The Balaban J connectivity index is 1.74. The van der Waals surface area contributed by atoms with Gasteiger partial charge in [0, 0.05) is 30.6 Å². The first-order valence-electron chi connectivity index (χ1n) is 10.4. The monoisotopic (exact) mass is 480 g/mol. The van der Waals surface area contributed by atoms with Gasteiger partial charge in [-0.05, 0) is 63.4 Å². The summed E-state index contributed by atoms with van der Waals surface area (Å²) in [5.74, 6) is -0.922. The maximum absolute atomic E-state index is 12.8. The van der Waals surface area contributed by atoms with Crippen LogP contribution < -0.4 is 5.32 Å². The average molecular weight is 481 g/mol. The lowest BCUT2D eigenvalue weighted by molar-refractivity contribution is 0.0527. The molecule has 0 spiro atoms. The van der Waals surface area contributed by atoms with Gasteiger partial charge in [-0.3, -0.25) is 4.79 Å². The Labute approximate surface area is 192 Å². The molecule has 1 fully saturated rings. The van der Waals surface area contributed by atoms with E-state index < -0.39 is 21.9 Å². The molecule has 1 unspecified atom stereocenters. The number of nitrogens with zero attached hydrogens (tertiary/aromatic N) is 1. The fourth-order valence-corrected chi connectivity index (χ4v) is 5.72. The summed E-state index contributed by atoms with van der Waals surface area (Å²) in [6.45, 7) is 6.57. The highest BCUT2D eigenvalue weighted by Gasteiger charge is 2.27. The van der Waals surface area contributed by atoms with Crippen molar-refractivity contribution in [1.82, 2.24) is 4.31 Å². The highest BCUT2D eigenvalue weighted by Crippen LogP contribution is 2.33. The third kappa shape index (κ3) is 5.20. The van der Waals surface area contributed by atoms with Gasteiger partial charge in [-0.25, -0.2) is 13.2 Å². The van der Waals surface area contributed by atoms with Crippen LogP contribution in [0.15, 0.2) is 29.2 Å². The van der Waals surface area contributed by atoms with Gasteiger partial charge >= 0.3 is 5.97 Å². The maximum Gasteiger partial charge on any atom is 0.341 e. The van der Waals surface area contributed by atoms with E-state index in [0.29, 0.717) is 17.2 Å². The molecule has 1 aromatic carbocycles. The Hall–Kier alpha value is -2.27. The lowest BCUT2D eigenvalue weighted by Crippen LogP contribution is -2.34. The summed E-state index contributed by atoms with van der Waals surface area (Å²) in [5, 5.41) is 3.17. The summed E-state index contributed by atoms with van der Waals surface area (Å²) in [6, 6.07) is 5.74. The van der Waals surface area contributed by atoms with E-state index in [1.807, 2.05) is 6.92 Å². The number of nitrogens with one attached hydrogen (secondary N) is 1. The number of anilines is 1. The third-order valence-corrected chi connectivity index (χ3v) is 8.36. The van der Waals surface area contributed by atoms with Gasteiger partial charge in [0.15, 0.2) is 0 Å². The van der Waals surface area contributed by atoms with Crippen LogP contribution in [-0.4, -0.2) is 57.5 Å². The standard InChI is InChI=1S/C22H28N2O6S2/c1-5-29-22(26)19-14(2)15(3)31-21(19)23-20(25)16-8-10-18(11-9-16)32(27,28)24(4)13-17-7-6-12-30-17/h8-11,17H,5-7,12-13H2,1-4H3,(H,23,25). The fourth-order valence-electron chi connectivity index (χ4n) is 3.47. The van der Waals surface area contributed by atoms with E-state index >= 15 is 0 Å². The fraction of sp³-hybridized carbons (Fsp3) is 0.455. The van der Waals surface area contributed by atoms with Gasteiger partial charge in [-0.15, -0.1) is 11.3 Å². The van der Waals surface area contributed by atoms with Crippen molar-refractivity contribution in [3.05, 3.63) is 45.8 Å². The number of benzene rings is 1. The number of hydrogen-bond acceptors (Lipinski definition) is 7. The van der Waals surface area contributed by atoms with E-state index in [4.69, 9.17) is 9.47 Å². The molecule has 0 radical (unpaired) electrons. The Kier molecular flexibility index (Phi) is 7.71. The molecule has 1 N–H and O–H groups in total. The smallest absolute Gasteiger partial charge is 0.341 e. The first-order chi connectivity index (χ1) is 15.1. The largest absolute Gasteiger partial charge is 0.462 e. The second-order valence-electron chi connectivity index (χ2n) is 7.61. The highest BCUT2D eigenvalue weighted by molar-refractivity contribution is 7.89. The number of amides is 1. The molecule has 0 saturated carbocycles. The molecule has 0 bridgehead atoms. The van der Waals surface area contributed by atoms with Crippen LogP contribution in [0.5, 0.6) is 0 Å². The van der Waals surface area contributed by atoms with E-state index in [2.05, 4.69) is 5.32 Å². The molecule has 174 valence electrons. The van der Waals surface area contributed by atoms with E-state index in [9.17, 15) is 18.0 Å².